The first-order valence-electron chi connectivity index (χ1n) is 9.53. The minimum absolute atomic E-state index is 0.147. The van der Waals surface area contributed by atoms with Gasteiger partial charge in [0.25, 0.3) is 5.91 Å². The fourth-order valence-corrected chi connectivity index (χ4v) is 5.31. The molecule has 28 heavy (non-hydrogen) atoms. The van der Waals surface area contributed by atoms with Gasteiger partial charge in [-0.2, -0.15) is 13.2 Å². The number of piperidine rings is 1. The Labute approximate surface area is 167 Å². The van der Waals surface area contributed by atoms with E-state index in [4.69, 9.17) is 0 Å². The second kappa shape index (κ2) is 7.97. The number of thioether (sulfide) groups is 1. The third-order valence-corrected chi connectivity index (χ3v) is 6.91. The lowest BCUT2D eigenvalue weighted by Crippen LogP contribution is -2.53. The van der Waals surface area contributed by atoms with Crippen molar-refractivity contribution in [1.82, 2.24) is 9.80 Å². The monoisotopic (exact) mass is 414 g/mol. The number of likely N-dealkylation sites (tertiary alicyclic amines) is 1. The summed E-state index contributed by atoms with van der Waals surface area (Å²) < 4.78 is 38.3. The van der Waals surface area contributed by atoms with Crippen molar-refractivity contribution in [3.05, 3.63) is 35.4 Å². The van der Waals surface area contributed by atoms with Crippen molar-refractivity contribution in [2.75, 3.05) is 25.4 Å². The van der Waals surface area contributed by atoms with Gasteiger partial charge in [-0.1, -0.05) is 13.8 Å². The number of halogens is 3. The van der Waals surface area contributed by atoms with E-state index in [0.717, 1.165) is 17.9 Å². The summed E-state index contributed by atoms with van der Waals surface area (Å²) in [5.41, 5.74) is -0.486. The van der Waals surface area contributed by atoms with E-state index in [-0.39, 0.29) is 22.2 Å². The summed E-state index contributed by atoms with van der Waals surface area (Å²) in [5.74, 6) is 1.02. The highest BCUT2D eigenvalue weighted by atomic mass is 32.2. The third-order valence-electron chi connectivity index (χ3n) is 5.36. The third kappa shape index (κ3) is 4.31. The van der Waals surface area contributed by atoms with Crippen LogP contribution in [0.15, 0.2) is 24.3 Å². The number of hydrogen-bond donors (Lipinski definition) is 0. The first kappa shape index (κ1) is 21.0. The van der Waals surface area contributed by atoms with Gasteiger partial charge in [-0.05, 0) is 43.0 Å². The van der Waals surface area contributed by atoms with Crippen LogP contribution in [0.3, 0.4) is 0 Å². The molecule has 1 aromatic carbocycles. The Bertz CT molecular complexity index is 726. The van der Waals surface area contributed by atoms with Crippen LogP contribution in [0.1, 0.15) is 49.0 Å². The summed E-state index contributed by atoms with van der Waals surface area (Å²) in [6, 6.07) is 4.42. The standard InChI is InChI=1S/C20H25F3N2O2S/c1-14(2)13-17(26)24-9-7-19(8-10-24)25(11-12-28-19)18(27)15-3-5-16(6-4-15)20(21,22)23/h3-6,14H,7-13H2,1-2H3. The zero-order valence-electron chi connectivity index (χ0n) is 16.1. The zero-order valence-corrected chi connectivity index (χ0v) is 16.9. The molecule has 2 amide bonds. The van der Waals surface area contributed by atoms with Crippen LogP contribution in [-0.2, 0) is 11.0 Å². The molecule has 0 unspecified atom stereocenters. The topological polar surface area (TPSA) is 40.6 Å². The predicted molar refractivity (Wildman–Crippen MR) is 103 cm³/mol. The molecule has 2 aliphatic rings. The van der Waals surface area contributed by atoms with Crippen LogP contribution >= 0.6 is 11.8 Å². The second-order valence-electron chi connectivity index (χ2n) is 7.81. The molecule has 1 aromatic rings. The first-order valence-corrected chi connectivity index (χ1v) is 10.5. The first-order chi connectivity index (χ1) is 13.1. The minimum atomic E-state index is -4.42. The van der Waals surface area contributed by atoms with Gasteiger partial charge < -0.3 is 9.80 Å². The summed E-state index contributed by atoms with van der Waals surface area (Å²) in [6.45, 7) is 5.82. The Kier molecular flexibility index (Phi) is 5.98. The fourth-order valence-electron chi connectivity index (χ4n) is 3.85. The van der Waals surface area contributed by atoms with Crippen LogP contribution in [0.25, 0.3) is 0 Å². The van der Waals surface area contributed by atoms with E-state index in [2.05, 4.69) is 0 Å². The number of alkyl halides is 3. The summed E-state index contributed by atoms with van der Waals surface area (Å²) >= 11 is 1.72. The molecule has 4 nitrogen and oxygen atoms in total. The largest absolute Gasteiger partial charge is 0.416 e. The highest BCUT2D eigenvalue weighted by molar-refractivity contribution is 8.00. The quantitative estimate of drug-likeness (QED) is 0.742. The van der Waals surface area contributed by atoms with E-state index in [1.807, 2.05) is 18.7 Å². The molecule has 0 aliphatic carbocycles. The predicted octanol–water partition coefficient (Wildman–Crippen LogP) is 4.26. The van der Waals surface area contributed by atoms with E-state index in [0.29, 0.717) is 44.8 Å². The van der Waals surface area contributed by atoms with Gasteiger partial charge in [0.2, 0.25) is 5.91 Å². The molecule has 0 N–H and O–H groups in total. The minimum Gasteiger partial charge on any atom is -0.342 e. The average molecular weight is 414 g/mol. The average Bonchev–Trinajstić information content (AvgIpc) is 3.03. The molecular formula is C20H25F3N2O2S. The van der Waals surface area contributed by atoms with E-state index >= 15 is 0 Å². The number of carbonyl (C=O) groups is 2. The lowest BCUT2D eigenvalue weighted by molar-refractivity contribution is -0.137. The van der Waals surface area contributed by atoms with Gasteiger partial charge in [-0.3, -0.25) is 9.59 Å². The molecule has 8 heteroatoms. The van der Waals surface area contributed by atoms with E-state index in [1.165, 1.54) is 12.1 Å². The molecular weight excluding hydrogens is 389 g/mol. The van der Waals surface area contributed by atoms with Crippen molar-refractivity contribution < 1.29 is 22.8 Å². The number of nitrogens with zero attached hydrogens (tertiary/aromatic N) is 2. The molecule has 3 rings (SSSR count). The lowest BCUT2D eigenvalue weighted by atomic mass is 9.99. The van der Waals surface area contributed by atoms with Crippen LogP contribution < -0.4 is 0 Å². The van der Waals surface area contributed by atoms with Crippen molar-refractivity contribution in [2.24, 2.45) is 5.92 Å². The molecule has 0 radical (unpaired) electrons. The number of rotatable bonds is 3. The van der Waals surface area contributed by atoms with E-state index < -0.39 is 11.7 Å². The van der Waals surface area contributed by atoms with Crippen molar-refractivity contribution in [3.63, 3.8) is 0 Å². The zero-order chi connectivity index (χ0) is 20.5. The molecule has 0 atom stereocenters. The normalized spacial score (nSPS) is 19.5. The van der Waals surface area contributed by atoms with Gasteiger partial charge in [0.15, 0.2) is 0 Å². The Hall–Kier alpha value is -1.70. The second-order valence-corrected chi connectivity index (χ2v) is 9.26. The molecule has 1 spiro atoms. The Balaban J connectivity index is 1.69. The molecule has 2 saturated heterocycles. The molecule has 2 fully saturated rings. The molecule has 0 bridgehead atoms. The summed E-state index contributed by atoms with van der Waals surface area (Å²) in [4.78, 5) is 28.6. The van der Waals surface area contributed by atoms with Crippen LogP contribution in [-0.4, -0.2) is 51.9 Å². The van der Waals surface area contributed by atoms with E-state index in [1.54, 1.807) is 16.7 Å². The summed E-state index contributed by atoms with van der Waals surface area (Å²) in [5, 5.41) is 0. The number of benzene rings is 1. The highest BCUT2D eigenvalue weighted by Crippen LogP contribution is 2.44. The van der Waals surface area contributed by atoms with E-state index in [9.17, 15) is 22.8 Å². The maximum Gasteiger partial charge on any atom is 0.416 e. The van der Waals surface area contributed by atoms with Gasteiger partial charge in [-0.25, -0.2) is 0 Å². The maximum absolute atomic E-state index is 13.0. The Morgan fingerprint density at radius 3 is 2.25 bits per heavy atom. The highest BCUT2D eigenvalue weighted by Gasteiger charge is 2.47. The van der Waals surface area contributed by atoms with Crippen molar-refractivity contribution in [1.29, 1.82) is 0 Å². The molecule has 154 valence electrons. The smallest absolute Gasteiger partial charge is 0.342 e. The van der Waals surface area contributed by atoms with Crippen molar-refractivity contribution in [3.8, 4) is 0 Å². The molecule has 0 saturated carbocycles. The number of carbonyl (C=O) groups excluding carboxylic acids is 2. The van der Waals surface area contributed by atoms with Gasteiger partial charge in [0, 0.05) is 37.4 Å². The van der Waals surface area contributed by atoms with Gasteiger partial charge in [0.1, 0.15) is 0 Å². The molecule has 2 aliphatic heterocycles. The van der Waals surface area contributed by atoms with Gasteiger partial charge in [-0.15, -0.1) is 11.8 Å². The summed E-state index contributed by atoms with van der Waals surface area (Å²) in [7, 11) is 0. The number of hydrogen-bond acceptors (Lipinski definition) is 3. The van der Waals surface area contributed by atoms with Crippen LogP contribution in [0, 0.1) is 5.92 Å². The maximum atomic E-state index is 13.0. The fraction of sp³-hybridized carbons (Fsp3) is 0.600. The van der Waals surface area contributed by atoms with Crippen LogP contribution in [0.4, 0.5) is 13.2 Å². The van der Waals surface area contributed by atoms with Crippen LogP contribution in [0.5, 0.6) is 0 Å². The molecule has 0 aromatic heterocycles. The Morgan fingerprint density at radius 1 is 1.11 bits per heavy atom. The van der Waals surface area contributed by atoms with Crippen molar-refractivity contribution in [2.45, 2.75) is 44.2 Å². The SMILES string of the molecule is CC(C)CC(=O)N1CCC2(CC1)SCCN2C(=O)c1ccc(C(F)(F)F)cc1. The Morgan fingerprint density at radius 2 is 1.71 bits per heavy atom. The van der Waals surface area contributed by atoms with Gasteiger partial charge in [0.05, 0.1) is 10.4 Å². The summed E-state index contributed by atoms with van der Waals surface area (Å²) in [6.07, 6.45) is -2.52. The lowest BCUT2D eigenvalue weighted by Gasteiger charge is -2.44. The van der Waals surface area contributed by atoms with Crippen molar-refractivity contribution >= 4 is 23.6 Å². The van der Waals surface area contributed by atoms with Crippen LogP contribution in [0.2, 0.25) is 0 Å². The van der Waals surface area contributed by atoms with Gasteiger partial charge >= 0.3 is 6.18 Å². The number of amides is 2. The molecule has 2 heterocycles.